The Morgan fingerprint density at radius 1 is 1.00 bits per heavy atom. The summed E-state index contributed by atoms with van der Waals surface area (Å²) in [5, 5.41) is 2.78. The minimum atomic E-state index is -0.737. The molecule has 26 heavy (non-hydrogen) atoms. The minimum Gasteiger partial charge on any atom is -0.494 e. The molecule has 0 spiro atoms. The number of benzene rings is 2. The number of anilines is 1. The van der Waals surface area contributed by atoms with Crippen LogP contribution in [0.4, 0.5) is 5.69 Å². The highest BCUT2D eigenvalue weighted by molar-refractivity contribution is 5.94. The molecule has 0 radical (unpaired) electrons. The quantitative estimate of drug-likeness (QED) is 0.730. The zero-order valence-corrected chi connectivity index (χ0v) is 15.2. The fourth-order valence-electron chi connectivity index (χ4n) is 2.21. The van der Waals surface area contributed by atoms with Gasteiger partial charge in [-0.05, 0) is 63.2 Å². The maximum atomic E-state index is 12.3. The van der Waals surface area contributed by atoms with Crippen LogP contribution in [0.15, 0.2) is 48.5 Å². The van der Waals surface area contributed by atoms with Crippen LogP contribution in [0.3, 0.4) is 0 Å². The molecule has 0 fully saturated rings. The second-order valence-corrected chi connectivity index (χ2v) is 5.46. The van der Waals surface area contributed by atoms with Crippen molar-refractivity contribution in [3.8, 4) is 11.5 Å². The average Bonchev–Trinajstić information content (AvgIpc) is 2.64. The summed E-state index contributed by atoms with van der Waals surface area (Å²) in [6.45, 7) is 6.17. The van der Waals surface area contributed by atoms with E-state index >= 15 is 0 Å². The van der Waals surface area contributed by atoms with Gasteiger partial charge in [-0.2, -0.15) is 0 Å². The van der Waals surface area contributed by atoms with Gasteiger partial charge in [0.15, 0.2) is 6.10 Å². The first kappa shape index (κ1) is 19.3. The third kappa shape index (κ3) is 5.51. The van der Waals surface area contributed by atoms with E-state index in [0.717, 1.165) is 5.75 Å². The fourth-order valence-corrected chi connectivity index (χ4v) is 2.21. The van der Waals surface area contributed by atoms with Crippen molar-refractivity contribution in [3.63, 3.8) is 0 Å². The molecule has 2 rings (SSSR count). The number of carbonyl (C=O) groups excluding carboxylic acids is 2. The first-order valence-corrected chi connectivity index (χ1v) is 8.51. The Hall–Kier alpha value is -3.02. The summed E-state index contributed by atoms with van der Waals surface area (Å²) in [5.41, 5.74) is 1.03. The highest BCUT2D eigenvalue weighted by Crippen LogP contribution is 2.18. The van der Waals surface area contributed by atoms with Gasteiger partial charge in [-0.15, -0.1) is 0 Å². The molecular weight excluding hydrogens is 334 g/mol. The van der Waals surface area contributed by atoms with E-state index in [0.29, 0.717) is 30.2 Å². The number of hydrogen-bond donors (Lipinski definition) is 1. The molecule has 0 aliphatic rings. The van der Waals surface area contributed by atoms with Crippen molar-refractivity contribution in [2.75, 3.05) is 18.5 Å². The number of nitrogens with one attached hydrogen (secondary N) is 1. The van der Waals surface area contributed by atoms with Crippen molar-refractivity contribution in [3.05, 3.63) is 54.1 Å². The van der Waals surface area contributed by atoms with Crippen LogP contribution in [0, 0.1) is 0 Å². The van der Waals surface area contributed by atoms with Crippen LogP contribution in [0.2, 0.25) is 0 Å². The molecule has 1 amide bonds. The van der Waals surface area contributed by atoms with Crippen LogP contribution in [-0.4, -0.2) is 31.2 Å². The van der Waals surface area contributed by atoms with Crippen LogP contribution >= 0.6 is 0 Å². The van der Waals surface area contributed by atoms with Gasteiger partial charge in [0.2, 0.25) is 0 Å². The van der Waals surface area contributed by atoms with Crippen LogP contribution in [0.5, 0.6) is 11.5 Å². The lowest BCUT2D eigenvalue weighted by molar-refractivity contribution is -0.122. The van der Waals surface area contributed by atoms with Gasteiger partial charge in [0, 0.05) is 5.69 Å². The maximum Gasteiger partial charge on any atom is 0.338 e. The number of carbonyl (C=O) groups is 2. The third-order valence-corrected chi connectivity index (χ3v) is 3.46. The van der Waals surface area contributed by atoms with Crippen LogP contribution in [0.25, 0.3) is 0 Å². The standard InChI is InChI=1S/C20H23NO5/c1-4-24-17-11-9-16(10-12-17)21-19(22)14(3)26-18-8-6-7-15(13-18)20(23)25-5-2/h6-14H,4-5H2,1-3H3,(H,21,22)/t14-/m0/s1. The molecule has 0 saturated carbocycles. The van der Waals surface area contributed by atoms with Crippen molar-refractivity contribution in [1.29, 1.82) is 0 Å². The summed E-state index contributed by atoms with van der Waals surface area (Å²) >= 11 is 0. The Kier molecular flexibility index (Phi) is 7.02. The Morgan fingerprint density at radius 2 is 1.73 bits per heavy atom. The van der Waals surface area contributed by atoms with Crippen LogP contribution in [-0.2, 0) is 9.53 Å². The van der Waals surface area contributed by atoms with Crippen LogP contribution in [0.1, 0.15) is 31.1 Å². The van der Waals surface area contributed by atoms with E-state index in [9.17, 15) is 9.59 Å². The summed E-state index contributed by atoms with van der Waals surface area (Å²) in [7, 11) is 0. The smallest absolute Gasteiger partial charge is 0.338 e. The molecule has 1 atom stereocenters. The highest BCUT2D eigenvalue weighted by Gasteiger charge is 2.16. The van der Waals surface area contributed by atoms with Crippen LogP contribution < -0.4 is 14.8 Å². The van der Waals surface area contributed by atoms with Gasteiger partial charge < -0.3 is 19.5 Å². The second kappa shape index (κ2) is 9.46. The summed E-state index contributed by atoms with van der Waals surface area (Å²) < 4.78 is 16.0. The first-order chi connectivity index (χ1) is 12.5. The van der Waals surface area contributed by atoms with E-state index < -0.39 is 12.1 Å². The molecule has 2 aromatic rings. The van der Waals surface area contributed by atoms with Crippen molar-refractivity contribution in [1.82, 2.24) is 0 Å². The zero-order chi connectivity index (χ0) is 18.9. The molecule has 0 aliphatic carbocycles. The minimum absolute atomic E-state index is 0.296. The van der Waals surface area contributed by atoms with E-state index in [1.807, 2.05) is 6.92 Å². The summed E-state index contributed by atoms with van der Waals surface area (Å²) in [4.78, 5) is 24.1. The van der Waals surface area contributed by atoms with Crippen molar-refractivity contribution < 1.29 is 23.8 Å². The number of ether oxygens (including phenoxy) is 3. The van der Waals surface area contributed by atoms with Crippen molar-refractivity contribution in [2.45, 2.75) is 26.9 Å². The second-order valence-electron chi connectivity index (χ2n) is 5.46. The van der Waals surface area contributed by atoms with E-state index in [1.165, 1.54) is 0 Å². The Bertz CT molecular complexity index is 742. The molecule has 0 heterocycles. The Labute approximate surface area is 153 Å². The summed E-state index contributed by atoms with van der Waals surface area (Å²) in [6.07, 6.45) is -0.737. The van der Waals surface area contributed by atoms with E-state index in [-0.39, 0.29) is 5.91 Å². The van der Waals surface area contributed by atoms with E-state index in [1.54, 1.807) is 62.4 Å². The molecule has 2 aromatic carbocycles. The van der Waals surface area contributed by atoms with Gasteiger partial charge in [-0.3, -0.25) is 4.79 Å². The lowest BCUT2D eigenvalue weighted by atomic mass is 10.2. The van der Waals surface area contributed by atoms with Gasteiger partial charge >= 0.3 is 5.97 Å². The fraction of sp³-hybridized carbons (Fsp3) is 0.300. The van der Waals surface area contributed by atoms with Gasteiger partial charge in [0.05, 0.1) is 18.8 Å². The topological polar surface area (TPSA) is 73.9 Å². The van der Waals surface area contributed by atoms with Gasteiger partial charge in [-0.1, -0.05) is 6.07 Å². The Balaban J connectivity index is 1.96. The number of amides is 1. The number of esters is 1. The van der Waals surface area contributed by atoms with Gasteiger partial charge in [0.1, 0.15) is 11.5 Å². The molecule has 0 saturated heterocycles. The number of hydrogen-bond acceptors (Lipinski definition) is 5. The normalized spacial score (nSPS) is 11.3. The predicted molar refractivity (Wildman–Crippen MR) is 98.7 cm³/mol. The molecule has 1 N–H and O–H groups in total. The maximum absolute atomic E-state index is 12.3. The highest BCUT2D eigenvalue weighted by atomic mass is 16.5. The number of rotatable bonds is 8. The van der Waals surface area contributed by atoms with Crippen molar-refractivity contribution in [2.24, 2.45) is 0 Å². The average molecular weight is 357 g/mol. The van der Waals surface area contributed by atoms with Gasteiger partial charge in [0.25, 0.3) is 5.91 Å². The Morgan fingerprint density at radius 3 is 2.38 bits per heavy atom. The SMILES string of the molecule is CCOC(=O)c1cccc(O[C@@H](C)C(=O)Nc2ccc(OCC)cc2)c1. The van der Waals surface area contributed by atoms with Crippen molar-refractivity contribution >= 4 is 17.6 Å². The molecule has 0 bridgehead atoms. The monoisotopic (exact) mass is 357 g/mol. The first-order valence-electron chi connectivity index (χ1n) is 8.51. The summed E-state index contributed by atoms with van der Waals surface area (Å²) in [6, 6.07) is 13.6. The lowest BCUT2D eigenvalue weighted by Gasteiger charge is -2.15. The molecule has 138 valence electrons. The molecule has 0 unspecified atom stereocenters. The lowest BCUT2D eigenvalue weighted by Crippen LogP contribution is -2.30. The van der Waals surface area contributed by atoms with E-state index in [2.05, 4.69) is 5.32 Å². The predicted octanol–water partition coefficient (Wildman–Crippen LogP) is 3.67. The molecule has 6 nitrogen and oxygen atoms in total. The largest absolute Gasteiger partial charge is 0.494 e. The molecular formula is C20H23NO5. The van der Waals surface area contributed by atoms with Gasteiger partial charge in [-0.25, -0.2) is 4.79 Å². The molecule has 0 aromatic heterocycles. The molecule has 0 aliphatic heterocycles. The zero-order valence-electron chi connectivity index (χ0n) is 15.2. The molecule has 6 heteroatoms. The summed E-state index contributed by atoms with van der Waals surface area (Å²) in [5.74, 6) is 0.440. The van der Waals surface area contributed by atoms with E-state index in [4.69, 9.17) is 14.2 Å². The third-order valence-electron chi connectivity index (χ3n) is 3.46.